The Hall–Kier alpha value is -1.06. The molecule has 0 aromatic heterocycles. The molecule has 1 saturated heterocycles. The fourth-order valence-corrected chi connectivity index (χ4v) is 2.49. The van der Waals surface area contributed by atoms with Crippen LogP contribution in [0.2, 0.25) is 0 Å². The van der Waals surface area contributed by atoms with Gasteiger partial charge in [-0.1, -0.05) is 19.1 Å². The maximum Gasteiger partial charge on any atom is 0.119 e. The topological polar surface area (TPSA) is 24.5 Å². The van der Waals surface area contributed by atoms with E-state index in [0.717, 1.165) is 31.4 Å². The van der Waals surface area contributed by atoms with Crippen LogP contribution >= 0.6 is 0 Å². The average molecular weight is 262 g/mol. The summed E-state index contributed by atoms with van der Waals surface area (Å²) in [7, 11) is 1.96. The highest BCUT2D eigenvalue weighted by atomic mass is 16.5. The minimum atomic E-state index is 0.791. The van der Waals surface area contributed by atoms with E-state index >= 15 is 0 Å². The van der Waals surface area contributed by atoms with Crippen molar-refractivity contribution in [2.75, 3.05) is 33.3 Å². The van der Waals surface area contributed by atoms with Crippen molar-refractivity contribution >= 4 is 0 Å². The van der Waals surface area contributed by atoms with Gasteiger partial charge in [-0.25, -0.2) is 0 Å². The molecule has 0 spiro atoms. The molecule has 106 valence electrons. The van der Waals surface area contributed by atoms with Crippen molar-refractivity contribution in [3.63, 3.8) is 0 Å². The summed E-state index contributed by atoms with van der Waals surface area (Å²) in [5, 5.41) is 3.15. The van der Waals surface area contributed by atoms with Gasteiger partial charge in [0, 0.05) is 13.1 Å². The molecule has 1 fully saturated rings. The fraction of sp³-hybridized carbons (Fsp3) is 0.625. The molecule has 1 aliphatic heterocycles. The second kappa shape index (κ2) is 7.51. The van der Waals surface area contributed by atoms with Gasteiger partial charge in [0.25, 0.3) is 0 Å². The molecule has 0 aliphatic carbocycles. The van der Waals surface area contributed by atoms with Gasteiger partial charge in [-0.2, -0.15) is 0 Å². The Morgan fingerprint density at radius 3 is 2.53 bits per heavy atom. The quantitative estimate of drug-likeness (QED) is 0.852. The number of hydrogen-bond donors (Lipinski definition) is 1. The highest BCUT2D eigenvalue weighted by Crippen LogP contribution is 2.16. The van der Waals surface area contributed by atoms with Crippen molar-refractivity contribution in [2.24, 2.45) is 5.92 Å². The first-order valence-electron chi connectivity index (χ1n) is 7.36. The summed E-state index contributed by atoms with van der Waals surface area (Å²) < 4.78 is 5.81. The summed E-state index contributed by atoms with van der Waals surface area (Å²) in [6.07, 6.45) is 2.66. The molecule has 0 radical (unpaired) electrons. The number of likely N-dealkylation sites (tertiary alicyclic amines) is 1. The zero-order chi connectivity index (χ0) is 13.5. The van der Waals surface area contributed by atoms with Crippen LogP contribution < -0.4 is 10.1 Å². The molecular formula is C16H26N2O. The molecule has 0 atom stereocenters. The SMILES string of the molecule is CNCc1ccc(OCCN2CCC(C)CC2)cc1. The van der Waals surface area contributed by atoms with E-state index < -0.39 is 0 Å². The molecule has 3 heteroatoms. The second-order valence-corrected chi connectivity index (χ2v) is 5.55. The molecular weight excluding hydrogens is 236 g/mol. The molecule has 2 rings (SSSR count). The third-order valence-corrected chi connectivity index (χ3v) is 3.86. The lowest BCUT2D eigenvalue weighted by molar-refractivity contribution is 0.160. The van der Waals surface area contributed by atoms with Crippen LogP contribution in [0.1, 0.15) is 25.3 Å². The fourth-order valence-electron chi connectivity index (χ4n) is 2.49. The Bertz CT molecular complexity index is 356. The standard InChI is InChI=1S/C16H26N2O/c1-14-7-9-18(10-8-14)11-12-19-16-5-3-15(4-6-16)13-17-2/h3-6,14,17H,7-13H2,1-2H3. The third-order valence-electron chi connectivity index (χ3n) is 3.86. The van der Waals surface area contributed by atoms with Gasteiger partial charge in [0.05, 0.1) is 0 Å². The van der Waals surface area contributed by atoms with Crippen LogP contribution in [0.4, 0.5) is 0 Å². The summed E-state index contributed by atoms with van der Waals surface area (Å²) in [6.45, 7) is 7.55. The van der Waals surface area contributed by atoms with E-state index in [1.54, 1.807) is 0 Å². The zero-order valence-corrected chi connectivity index (χ0v) is 12.2. The summed E-state index contributed by atoms with van der Waals surface area (Å²) >= 11 is 0. The predicted octanol–water partition coefficient (Wildman–Crippen LogP) is 2.52. The first-order valence-corrected chi connectivity index (χ1v) is 7.36. The number of benzene rings is 1. The largest absolute Gasteiger partial charge is 0.492 e. The molecule has 19 heavy (non-hydrogen) atoms. The van der Waals surface area contributed by atoms with Crippen molar-refractivity contribution in [3.8, 4) is 5.75 Å². The number of rotatable bonds is 6. The number of nitrogens with zero attached hydrogens (tertiary/aromatic N) is 1. The van der Waals surface area contributed by atoms with Crippen molar-refractivity contribution in [3.05, 3.63) is 29.8 Å². The maximum atomic E-state index is 5.81. The Kier molecular flexibility index (Phi) is 5.67. The average Bonchev–Trinajstić information content (AvgIpc) is 2.43. The number of piperidine rings is 1. The normalized spacial score (nSPS) is 17.6. The molecule has 0 amide bonds. The lowest BCUT2D eigenvalue weighted by Crippen LogP contribution is -2.35. The Morgan fingerprint density at radius 2 is 1.89 bits per heavy atom. The molecule has 1 heterocycles. The van der Waals surface area contributed by atoms with E-state index in [4.69, 9.17) is 4.74 Å². The first-order chi connectivity index (χ1) is 9.28. The van der Waals surface area contributed by atoms with Gasteiger partial charge in [0.1, 0.15) is 12.4 Å². The number of ether oxygens (including phenoxy) is 1. The molecule has 0 bridgehead atoms. The van der Waals surface area contributed by atoms with Crippen molar-refractivity contribution in [1.29, 1.82) is 0 Å². The zero-order valence-electron chi connectivity index (χ0n) is 12.2. The van der Waals surface area contributed by atoms with Crippen molar-refractivity contribution < 1.29 is 4.74 Å². The van der Waals surface area contributed by atoms with E-state index in [1.807, 2.05) is 7.05 Å². The lowest BCUT2D eigenvalue weighted by Gasteiger charge is -2.29. The summed E-state index contributed by atoms with van der Waals surface area (Å²) in [5.74, 6) is 1.88. The molecule has 1 aromatic rings. The van der Waals surface area contributed by atoms with Crippen LogP contribution in [0, 0.1) is 5.92 Å². The second-order valence-electron chi connectivity index (χ2n) is 5.55. The van der Waals surface area contributed by atoms with Crippen molar-refractivity contribution in [2.45, 2.75) is 26.3 Å². The number of hydrogen-bond acceptors (Lipinski definition) is 3. The van der Waals surface area contributed by atoms with Gasteiger partial charge < -0.3 is 10.1 Å². The highest BCUT2D eigenvalue weighted by Gasteiger charge is 2.14. The van der Waals surface area contributed by atoms with Crippen LogP contribution in [0.5, 0.6) is 5.75 Å². The first kappa shape index (κ1) is 14.4. The summed E-state index contributed by atoms with van der Waals surface area (Å²) in [4.78, 5) is 2.51. The van der Waals surface area contributed by atoms with Crippen LogP contribution in [-0.4, -0.2) is 38.2 Å². The van der Waals surface area contributed by atoms with E-state index in [9.17, 15) is 0 Å². The van der Waals surface area contributed by atoms with Gasteiger partial charge in [-0.3, -0.25) is 4.90 Å². The van der Waals surface area contributed by atoms with Crippen LogP contribution in [-0.2, 0) is 6.54 Å². The van der Waals surface area contributed by atoms with E-state index in [1.165, 1.54) is 31.5 Å². The highest BCUT2D eigenvalue weighted by molar-refractivity contribution is 5.27. The van der Waals surface area contributed by atoms with E-state index in [2.05, 4.69) is 41.4 Å². The summed E-state index contributed by atoms with van der Waals surface area (Å²) in [6, 6.07) is 8.36. The van der Waals surface area contributed by atoms with Gasteiger partial charge in [0.2, 0.25) is 0 Å². The van der Waals surface area contributed by atoms with Crippen LogP contribution in [0.3, 0.4) is 0 Å². The van der Waals surface area contributed by atoms with Gasteiger partial charge in [0.15, 0.2) is 0 Å². The Morgan fingerprint density at radius 1 is 1.21 bits per heavy atom. The predicted molar refractivity (Wildman–Crippen MR) is 79.5 cm³/mol. The molecule has 3 nitrogen and oxygen atoms in total. The van der Waals surface area contributed by atoms with Crippen LogP contribution in [0.25, 0.3) is 0 Å². The van der Waals surface area contributed by atoms with E-state index in [0.29, 0.717) is 0 Å². The van der Waals surface area contributed by atoms with Crippen molar-refractivity contribution in [1.82, 2.24) is 10.2 Å². The van der Waals surface area contributed by atoms with Crippen LogP contribution in [0.15, 0.2) is 24.3 Å². The smallest absolute Gasteiger partial charge is 0.119 e. The Balaban J connectivity index is 1.67. The minimum Gasteiger partial charge on any atom is -0.492 e. The third kappa shape index (κ3) is 4.84. The minimum absolute atomic E-state index is 0.791. The molecule has 0 saturated carbocycles. The monoisotopic (exact) mass is 262 g/mol. The molecule has 1 N–H and O–H groups in total. The Labute approximate surface area is 116 Å². The lowest BCUT2D eigenvalue weighted by atomic mass is 9.99. The van der Waals surface area contributed by atoms with Gasteiger partial charge >= 0.3 is 0 Å². The number of nitrogens with one attached hydrogen (secondary N) is 1. The van der Waals surface area contributed by atoms with E-state index in [-0.39, 0.29) is 0 Å². The van der Waals surface area contributed by atoms with Gasteiger partial charge in [-0.15, -0.1) is 0 Å². The molecule has 0 unspecified atom stereocenters. The van der Waals surface area contributed by atoms with Gasteiger partial charge in [-0.05, 0) is 56.6 Å². The summed E-state index contributed by atoms with van der Waals surface area (Å²) in [5.41, 5.74) is 1.29. The molecule has 1 aliphatic rings. The molecule has 1 aromatic carbocycles. The maximum absolute atomic E-state index is 5.81.